The maximum absolute atomic E-state index is 12.2. The summed E-state index contributed by atoms with van der Waals surface area (Å²) in [5.41, 5.74) is 1.82. The van der Waals surface area contributed by atoms with Gasteiger partial charge in [0.15, 0.2) is 5.96 Å². The normalized spacial score (nSPS) is 16.2. The minimum atomic E-state index is -0.336. The van der Waals surface area contributed by atoms with Gasteiger partial charge in [-0.1, -0.05) is 30.3 Å². The Morgan fingerprint density at radius 3 is 2.80 bits per heavy atom. The summed E-state index contributed by atoms with van der Waals surface area (Å²) in [4.78, 5) is 18.6. The molecule has 3 rings (SSSR count). The fourth-order valence-electron chi connectivity index (χ4n) is 3.26. The molecular weight excluding hydrogens is 380 g/mol. The second-order valence-electron chi connectivity index (χ2n) is 7.18. The first kappa shape index (κ1) is 21.6. The number of aliphatic imine (C=N–C) groups is 1. The van der Waals surface area contributed by atoms with Crippen LogP contribution in [0.5, 0.6) is 5.75 Å². The molecule has 0 saturated carbocycles. The topological polar surface area (TPSA) is 75.2 Å². The van der Waals surface area contributed by atoms with Crippen LogP contribution in [0.2, 0.25) is 0 Å². The van der Waals surface area contributed by atoms with Crippen molar-refractivity contribution in [2.24, 2.45) is 4.99 Å². The molecule has 0 bridgehead atoms. The number of likely N-dealkylation sites (N-methyl/N-ethyl adjacent to an activating group) is 1. The second kappa shape index (κ2) is 11.2. The Balaban J connectivity index is 1.46. The number of nitrogens with one attached hydrogen (secondary N) is 2. The van der Waals surface area contributed by atoms with Gasteiger partial charge in [0, 0.05) is 32.9 Å². The predicted molar refractivity (Wildman–Crippen MR) is 119 cm³/mol. The Bertz CT molecular complexity index is 835. The summed E-state index contributed by atoms with van der Waals surface area (Å²) < 4.78 is 11.2. The zero-order valence-electron chi connectivity index (χ0n) is 17.6. The monoisotopic (exact) mass is 410 g/mol. The number of benzene rings is 2. The highest BCUT2D eigenvalue weighted by molar-refractivity contribution is 5.94. The molecule has 1 saturated heterocycles. The molecule has 0 radical (unpaired) electrons. The molecule has 1 amide bonds. The number of amides is 1. The van der Waals surface area contributed by atoms with Crippen molar-refractivity contribution >= 4 is 17.6 Å². The van der Waals surface area contributed by atoms with Crippen LogP contribution in [0.3, 0.4) is 0 Å². The van der Waals surface area contributed by atoms with Gasteiger partial charge in [-0.3, -0.25) is 9.79 Å². The summed E-state index contributed by atoms with van der Waals surface area (Å²) in [5, 5.41) is 6.30. The first-order valence-electron chi connectivity index (χ1n) is 10.3. The average molecular weight is 411 g/mol. The number of ether oxygens (including phenoxy) is 2. The third-order valence-corrected chi connectivity index (χ3v) is 4.88. The van der Waals surface area contributed by atoms with Crippen LogP contribution in [0, 0.1) is 0 Å². The van der Waals surface area contributed by atoms with Gasteiger partial charge >= 0.3 is 0 Å². The van der Waals surface area contributed by atoms with Crippen molar-refractivity contribution in [3.05, 3.63) is 60.2 Å². The van der Waals surface area contributed by atoms with E-state index in [1.807, 2.05) is 66.5 Å². The summed E-state index contributed by atoms with van der Waals surface area (Å²) in [6.07, 6.45) is 1.38. The summed E-state index contributed by atoms with van der Waals surface area (Å²) in [7, 11) is 3.73. The Morgan fingerprint density at radius 1 is 1.23 bits per heavy atom. The lowest BCUT2D eigenvalue weighted by Gasteiger charge is -2.22. The second-order valence-corrected chi connectivity index (χ2v) is 7.18. The van der Waals surface area contributed by atoms with Gasteiger partial charge in [-0.05, 0) is 42.7 Å². The Morgan fingerprint density at radius 2 is 2.07 bits per heavy atom. The number of carbonyl (C=O) groups is 1. The van der Waals surface area contributed by atoms with Gasteiger partial charge in [0.1, 0.15) is 18.5 Å². The highest BCUT2D eigenvalue weighted by Crippen LogP contribution is 2.16. The lowest BCUT2D eigenvalue weighted by atomic mass is 10.2. The molecule has 7 heteroatoms. The minimum Gasteiger partial charge on any atom is -0.492 e. The first-order chi connectivity index (χ1) is 14.7. The molecule has 160 valence electrons. The van der Waals surface area contributed by atoms with E-state index in [1.165, 1.54) is 0 Å². The van der Waals surface area contributed by atoms with Crippen molar-refractivity contribution in [2.45, 2.75) is 25.5 Å². The summed E-state index contributed by atoms with van der Waals surface area (Å²) in [6, 6.07) is 17.6. The number of nitrogens with zero attached hydrogens (tertiary/aromatic N) is 2. The molecule has 7 nitrogen and oxygen atoms in total. The van der Waals surface area contributed by atoms with Gasteiger partial charge in [0.25, 0.3) is 5.91 Å². The zero-order valence-corrected chi connectivity index (χ0v) is 17.6. The number of rotatable bonds is 8. The fraction of sp³-hybridized carbons (Fsp3) is 0.391. The van der Waals surface area contributed by atoms with E-state index in [0.29, 0.717) is 26.3 Å². The van der Waals surface area contributed by atoms with Crippen molar-refractivity contribution in [1.29, 1.82) is 0 Å². The number of guanidine groups is 1. The van der Waals surface area contributed by atoms with Crippen LogP contribution in [0.15, 0.2) is 59.6 Å². The van der Waals surface area contributed by atoms with Crippen molar-refractivity contribution in [3.63, 3.8) is 0 Å². The van der Waals surface area contributed by atoms with Crippen LogP contribution in [-0.4, -0.2) is 56.7 Å². The van der Waals surface area contributed by atoms with Gasteiger partial charge in [0.2, 0.25) is 0 Å². The number of para-hydroxylation sites is 1. The standard InChI is InChI=1S/C23H30N4O3/c1-24-23(27(2)13-15-29-20-10-4-3-5-11-20)25-17-18-8-6-9-19(16-18)26-22(28)21-12-7-14-30-21/h3-6,8-11,16,21H,7,12-15,17H2,1-2H3,(H,24,25)(H,26,28). The number of hydrogen-bond acceptors (Lipinski definition) is 4. The van der Waals surface area contributed by atoms with Gasteiger partial charge < -0.3 is 25.0 Å². The molecule has 0 spiro atoms. The van der Waals surface area contributed by atoms with Crippen molar-refractivity contribution in [3.8, 4) is 5.75 Å². The molecule has 1 atom stereocenters. The van der Waals surface area contributed by atoms with Gasteiger partial charge in [-0.15, -0.1) is 0 Å². The summed E-state index contributed by atoms with van der Waals surface area (Å²) in [6.45, 7) is 2.52. The molecule has 1 fully saturated rings. The summed E-state index contributed by atoms with van der Waals surface area (Å²) in [5.74, 6) is 1.56. The highest BCUT2D eigenvalue weighted by atomic mass is 16.5. The molecule has 1 unspecified atom stereocenters. The van der Waals surface area contributed by atoms with Crippen LogP contribution in [0.1, 0.15) is 18.4 Å². The maximum Gasteiger partial charge on any atom is 0.253 e. The molecule has 30 heavy (non-hydrogen) atoms. The minimum absolute atomic E-state index is 0.0773. The molecule has 1 aliphatic heterocycles. The smallest absolute Gasteiger partial charge is 0.253 e. The van der Waals surface area contributed by atoms with Crippen LogP contribution in [0.25, 0.3) is 0 Å². The molecule has 2 aromatic rings. The van der Waals surface area contributed by atoms with E-state index in [9.17, 15) is 4.79 Å². The van der Waals surface area contributed by atoms with E-state index < -0.39 is 0 Å². The van der Waals surface area contributed by atoms with Crippen LogP contribution in [-0.2, 0) is 16.1 Å². The van der Waals surface area contributed by atoms with Crippen molar-refractivity contribution in [2.75, 3.05) is 39.2 Å². The summed E-state index contributed by atoms with van der Waals surface area (Å²) >= 11 is 0. The van der Waals surface area contributed by atoms with Crippen LogP contribution in [0.4, 0.5) is 5.69 Å². The predicted octanol–water partition coefficient (Wildman–Crippen LogP) is 2.89. The zero-order chi connectivity index (χ0) is 21.2. The molecule has 0 aromatic heterocycles. The third-order valence-electron chi connectivity index (χ3n) is 4.88. The average Bonchev–Trinajstić information content (AvgIpc) is 3.30. The molecule has 1 heterocycles. The van der Waals surface area contributed by atoms with E-state index in [0.717, 1.165) is 35.8 Å². The quantitative estimate of drug-likeness (QED) is 0.517. The van der Waals surface area contributed by atoms with Crippen LogP contribution < -0.4 is 15.4 Å². The lowest BCUT2D eigenvalue weighted by molar-refractivity contribution is -0.124. The number of carbonyl (C=O) groups excluding carboxylic acids is 1. The Kier molecular flexibility index (Phi) is 8.09. The van der Waals surface area contributed by atoms with Crippen molar-refractivity contribution in [1.82, 2.24) is 10.2 Å². The first-order valence-corrected chi connectivity index (χ1v) is 10.3. The van der Waals surface area contributed by atoms with E-state index >= 15 is 0 Å². The van der Waals surface area contributed by atoms with Gasteiger partial charge in [-0.25, -0.2) is 0 Å². The number of anilines is 1. The molecule has 2 N–H and O–H groups in total. The Hall–Kier alpha value is -3.06. The van der Waals surface area contributed by atoms with Gasteiger partial charge in [-0.2, -0.15) is 0 Å². The Labute approximate surface area is 178 Å². The SMILES string of the molecule is CN=C(NCc1cccc(NC(=O)C2CCCO2)c1)N(C)CCOc1ccccc1. The lowest BCUT2D eigenvalue weighted by Crippen LogP contribution is -2.40. The van der Waals surface area contributed by atoms with E-state index in [2.05, 4.69) is 15.6 Å². The van der Waals surface area contributed by atoms with Gasteiger partial charge in [0.05, 0.1) is 6.54 Å². The number of hydrogen-bond donors (Lipinski definition) is 2. The van der Waals surface area contributed by atoms with Crippen LogP contribution >= 0.6 is 0 Å². The molecule has 1 aliphatic rings. The van der Waals surface area contributed by atoms with Crippen molar-refractivity contribution < 1.29 is 14.3 Å². The molecule has 2 aromatic carbocycles. The van der Waals surface area contributed by atoms with E-state index in [4.69, 9.17) is 9.47 Å². The largest absolute Gasteiger partial charge is 0.492 e. The highest BCUT2D eigenvalue weighted by Gasteiger charge is 2.23. The van der Waals surface area contributed by atoms with E-state index in [1.54, 1.807) is 7.05 Å². The van der Waals surface area contributed by atoms with E-state index in [-0.39, 0.29) is 12.0 Å². The third kappa shape index (κ3) is 6.49. The fourth-order valence-corrected chi connectivity index (χ4v) is 3.26. The maximum atomic E-state index is 12.2. The molecular formula is C23H30N4O3. The molecule has 0 aliphatic carbocycles.